The van der Waals surface area contributed by atoms with Crippen LogP contribution in [0.2, 0.25) is 0 Å². The molecule has 3 aromatic rings. The summed E-state index contributed by atoms with van der Waals surface area (Å²) in [7, 11) is 0. The number of carboxylic acid groups (broad SMARTS) is 1. The number of hydrogen-bond donors (Lipinski definition) is 3. The number of carbonyl (C=O) groups excluding carboxylic acids is 1. The number of aliphatic hydroxyl groups excluding tert-OH is 1. The van der Waals surface area contributed by atoms with Crippen LogP contribution < -0.4 is 5.32 Å². The molecule has 8 heteroatoms. The van der Waals surface area contributed by atoms with Gasteiger partial charge in [0.05, 0.1) is 18.8 Å². The number of carboxylic acids is 1. The van der Waals surface area contributed by atoms with Gasteiger partial charge in [-0.2, -0.15) is 0 Å². The number of rotatable bonds is 14. The predicted molar refractivity (Wildman–Crippen MR) is 156 cm³/mol. The van der Waals surface area contributed by atoms with Gasteiger partial charge in [0.2, 0.25) is 5.91 Å². The Balaban J connectivity index is 1.35. The standard InChI is InChI=1S/C32H37NO6S/c34-21-23-12-14-24(15-13-23)29-20-27(22-40-28-8-4-3-5-9-28)38-32(39-29)25-16-18-26(19-17-25)33-30(35)10-6-1-2-7-11-31(36)37/h3-5,8-9,12-19,27,29,32,34H,1-2,6-7,10-11,20-22H2,(H,33,35)(H,36,37). The number of unbranched alkanes of at least 4 members (excludes halogenated alkanes) is 3. The summed E-state index contributed by atoms with van der Waals surface area (Å²) < 4.78 is 12.8. The van der Waals surface area contributed by atoms with Crippen molar-refractivity contribution in [2.24, 2.45) is 0 Å². The quantitative estimate of drug-likeness (QED) is 0.145. The summed E-state index contributed by atoms with van der Waals surface area (Å²) >= 11 is 1.76. The van der Waals surface area contributed by atoms with Gasteiger partial charge in [-0.05, 0) is 48.2 Å². The summed E-state index contributed by atoms with van der Waals surface area (Å²) in [6.07, 6.45) is 3.60. The minimum atomic E-state index is -0.779. The lowest BCUT2D eigenvalue weighted by Crippen LogP contribution is -2.31. The fourth-order valence-electron chi connectivity index (χ4n) is 4.59. The normalized spacial score (nSPS) is 18.8. The summed E-state index contributed by atoms with van der Waals surface area (Å²) in [4.78, 5) is 24.1. The Labute approximate surface area is 239 Å². The zero-order valence-electron chi connectivity index (χ0n) is 22.5. The van der Waals surface area contributed by atoms with Crippen molar-refractivity contribution in [3.63, 3.8) is 0 Å². The molecule has 3 unspecified atom stereocenters. The molecule has 7 nitrogen and oxygen atoms in total. The number of aliphatic hydroxyl groups is 1. The van der Waals surface area contributed by atoms with Gasteiger partial charge in [0, 0.05) is 41.2 Å². The molecule has 1 aliphatic rings. The van der Waals surface area contributed by atoms with Crippen LogP contribution in [0.25, 0.3) is 0 Å². The van der Waals surface area contributed by atoms with Gasteiger partial charge in [-0.3, -0.25) is 9.59 Å². The van der Waals surface area contributed by atoms with Crippen molar-refractivity contribution in [1.82, 2.24) is 0 Å². The zero-order chi connectivity index (χ0) is 28.2. The molecule has 0 saturated carbocycles. The highest BCUT2D eigenvalue weighted by Gasteiger charge is 2.32. The molecule has 3 atom stereocenters. The third-order valence-electron chi connectivity index (χ3n) is 6.81. The first kappa shape index (κ1) is 29.8. The van der Waals surface area contributed by atoms with Crippen LogP contribution in [0, 0.1) is 0 Å². The molecule has 0 radical (unpaired) electrons. The molecule has 3 aromatic carbocycles. The van der Waals surface area contributed by atoms with Crippen molar-refractivity contribution in [3.05, 3.63) is 95.6 Å². The summed E-state index contributed by atoms with van der Waals surface area (Å²) in [5, 5.41) is 21.1. The van der Waals surface area contributed by atoms with Crippen molar-refractivity contribution in [1.29, 1.82) is 0 Å². The Kier molecular flexibility index (Phi) is 11.6. The highest BCUT2D eigenvalue weighted by molar-refractivity contribution is 7.99. The maximum absolute atomic E-state index is 12.3. The highest BCUT2D eigenvalue weighted by Crippen LogP contribution is 2.39. The molecule has 0 aromatic heterocycles. The smallest absolute Gasteiger partial charge is 0.303 e. The van der Waals surface area contributed by atoms with Crippen LogP contribution in [-0.4, -0.2) is 33.9 Å². The number of anilines is 1. The minimum absolute atomic E-state index is 0.00353. The molecule has 4 rings (SSSR count). The Morgan fingerprint density at radius 3 is 2.17 bits per heavy atom. The molecule has 1 heterocycles. The average Bonchev–Trinajstić information content (AvgIpc) is 2.98. The Morgan fingerprint density at radius 1 is 0.825 bits per heavy atom. The van der Waals surface area contributed by atoms with Gasteiger partial charge >= 0.3 is 5.97 Å². The number of thioether (sulfide) groups is 1. The predicted octanol–water partition coefficient (Wildman–Crippen LogP) is 6.88. The molecule has 0 spiro atoms. The van der Waals surface area contributed by atoms with Gasteiger partial charge in [0.15, 0.2) is 6.29 Å². The molecule has 1 aliphatic heterocycles. The van der Waals surface area contributed by atoms with E-state index in [9.17, 15) is 14.7 Å². The van der Waals surface area contributed by atoms with Gasteiger partial charge in [-0.1, -0.05) is 67.4 Å². The van der Waals surface area contributed by atoms with Crippen LogP contribution in [-0.2, 0) is 25.7 Å². The van der Waals surface area contributed by atoms with Crippen LogP contribution in [0.3, 0.4) is 0 Å². The number of benzene rings is 3. The molecule has 0 aliphatic carbocycles. The second-order valence-electron chi connectivity index (χ2n) is 9.95. The molecule has 40 heavy (non-hydrogen) atoms. The van der Waals surface area contributed by atoms with Crippen molar-refractivity contribution < 1.29 is 29.3 Å². The third kappa shape index (κ3) is 9.48. The molecule has 1 saturated heterocycles. The molecule has 0 bridgehead atoms. The molecular formula is C32H37NO6S. The summed E-state index contributed by atoms with van der Waals surface area (Å²) in [6, 6.07) is 25.7. The minimum Gasteiger partial charge on any atom is -0.481 e. The van der Waals surface area contributed by atoms with Crippen LogP contribution >= 0.6 is 11.8 Å². The fourth-order valence-corrected chi connectivity index (χ4v) is 5.53. The number of aliphatic carboxylic acids is 1. The lowest BCUT2D eigenvalue weighted by atomic mass is 10.0. The number of carbonyl (C=O) groups is 2. The maximum Gasteiger partial charge on any atom is 0.303 e. The van der Waals surface area contributed by atoms with Gasteiger partial charge in [0.25, 0.3) is 0 Å². The Hall–Kier alpha value is -3.17. The topological polar surface area (TPSA) is 105 Å². The van der Waals surface area contributed by atoms with E-state index >= 15 is 0 Å². The summed E-state index contributed by atoms with van der Waals surface area (Å²) in [5.41, 5.74) is 3.50. The van der Waals surface area contributed by atoms with Gasteiger partial charge in [-0.25, -0.2) is 0 Å². The van der Waals surface area contributed by atoms with E-state index in [1.807, 2.05) is 66.7 Å². The Bertz CT molecular complexity index is 1200. The summed E-state index contributed by atoms with van der Waals surface area (Å²) in [5.74, 6) is -0.0425. The first-order chi connectivity index (χ1) is 19.5. The van der Waals surface area contributed by atoms with Gasteiger partial charge in [-0.15, -0.1) is 11.8 Å². The number of ether oxygens (including phenoxy) is 2. The largest absolute Gasteiger partial charge is 0.481 e. The lowest BCUT2D eigenvalue weighted by molar-refractivity contribution is -0.245. The fraction of sp³-hybridized carbons (Fsp3) is 0.375. The van der Waals surface area contributed by atoms with E-state index in [-0.39, 0.29) is 31.1 Å². The van der Waals surface area contributed by atoms with Crippen LogP contribution in [0.1, 0.15) is 74.0 Å². The van der Waals surface area contributed by atoms with Crippen molar-refractivity contribution in [2.45, 2.75) is 74.9 Å². The highest BCUT2D eigenvalue weighted by atomic mass is 32.2. The second kappa shape index (κ2) is 15.6. The number of hydrogen-bond acceptors (Lipinski definition) is 6. The average molecular weight is 564 g/mol. The van der Waals surface area contributed by atoms with Crippen LogP contribution in [0.4, 0.5) is 5.69 Å². The zero-order valence-corrected chi connectivity index (χ0v) is 23.4. The van der Waals surface area contributed by atoms with E-state index in [2.05, 4.69) is 17.4 Å². The Morgan fingerprint density at radius 2 is 1.50 bits per heavy atom. The van der Waals surface area contributed by atoms with Crippen molar-refractivity contribution >= 4 is 29.3 Å². The van der Waals surface area contributed by atoms with E-state index in [0.29, 0.717) is 18.5 Å². The van der Waals surface area contributed by atoms with Crippen LogP contribution in [0.5, 0.6) is 0 Å². The van der Waals surface area contributed by atoms with E-state index in [0.717, 1.165) is 48.1 Å². The first-order valence-corrected chi connectivity index (χ1v) is 14.8. The van der Waals surface area contributed by atoms with Gasteiger partial charge in [0.1, 0.15) is 0 Å². The van der Waals surface area contributed by atoms with E-state index in [4.69, 9.17) is 14.6 Å². The first-order valence-electron chi connectivity index (χ1n) is 13.8. The molecule has 1 amide bonds. The molecule has 3 N–H and O–H groups in total. The third-order valence-corrected chi connectivity index (χ3v) is 7.95. The SMILES string of the molecule is O=C(O)CCCCCCC(=O)Nc1ccc(C2OC(CSc3ccccc3)CC(c3ccc(CO)cc3)O2)cc1. The van der Waals surface area contributed by atoms with Crippen LogP contribution in [0.15, 0.2) is 83.8 Å². The monoisotopic (exact) mass is 563 g/mol. The van der Waals surface area contributed by atoms with Crippen molar-refractivity contribution in [2.75, 3.05) is 11.1 Å². The van der Waals surface area contributed by atoms with E-state index < -0.39 is 12.3 Å². The molecular weight excluding hydrogens is 526 g/mol. The molecule has 1 fully saturated rings. The van der Waals surface area contributed by atoms with E-state index in [1.165, 1.54) is 4.90 Å². The number of amides is 1. The molecule has 212 valence electrons. The lowest BCUT2D eigenvalue weighted by Gasteiger charge is -2.36. The van der Waals surface area contributed by atoms with Gasteiger partial charge < -0.3 is 25.0 Å². The maximum atomic E-state index is 12.3. The van der Waals surface area contributed by atoms with Crippen molar-refractivity contribution in [3.8, 4) is 0 Å². The number of nitrogens with one attached hydrogen (secondary N) is 1. The summed E-state index contributed by atoms with van der Waals surface area (Å²) in [6.45, 7) is 0.00353. The van der Waals surface area contributed by atoms with E-state index in [1.54, 1.807) is 11.8 Å². The second-order valence-corrected chi connectivity index (χ2v) is 11.0.